The highest BCUT2D eigenvalue weighted by Crippen LogP contribution is 2.16. The number of hydrogen-bond donors (Lipinski definition) is 2. The lowest BCUT2D eigenvalue weighted by Crippen LogP contribution is -2.19. The van der Waals surface area contributed by atoms with E-state index in [-0.39, 0.29) is 11.8 Å². The fraction of sp³-hybridized carbons (Fsp3) is 0.0455. The first-order valence-corrected chi connectivity index (χ1v) is 9.46. The zero-order valence-electron chi connectivity index (χ0n) is 15.4. The van der Waals surface area contributed by atoms with E-state index < -0.39 is 0 Å². The molecule has 3 aromatic carbocycles. The smallest absolute Gasteiger partial charge is 0.272 e. The largest absolute Gasteiger partial charge is 0.322 e. The van der Waals surface area contributed by atoms with Gasteiger partial charge < -0.3 is 5.32 Å². The molecule has 0 saturated carbocycles. The van der Waals surface area contributed by atoms with Gasteiger partial charge in [-0.2, -0.15) is 5.10 Å². The van der Waals surface area contributed by atoms with Gasteiger partial charge >= 0.3 is 0 Å². The van der Waals surface area contributed by atoms with E-state index >= 15 is 0 Å². The maximum atomic E-state index is 12.3. The lowest BCUT2D eigenvalue weighted by molar-refractivity contribution is 0.0954. The number of carbonyl (C=O) groups excluding carboxylic acids is 2. The van der Waals surface area contributed by atoms with E-state index in [2.05, 4.69) is 15.8 Å². The maximum Gasteiger partial charge on any atom is 0.272 e. The molecule has 2 N–H and O–H groups in total. The van der Waals surface area contributed by atoms with Crippen molar-refractivity contribution in [3.05, 3.63) is 99.5 Å². The van der Waals surface area contributed by atoms with Crippen molar-refractivity contribution in [2.75, 3.05) is 5.32 Å². The number of benzene rings is 3. The van der Waals surface area contributed by atoms with Gasteiger partial charge in [-0.3, -0.25) is 9.59 Å². The summed E-state index contributed by atoms with van der Waals surface area (Å²) in [5.74, 6) is -0.641. The SMILES string of the molecule is C/C(=N\NC(=O)c1ccccc1Cl)c1ccc(NC(=O)c2cccc(Cl)c2)cc1. The zero-order valence-corrected chi connectivity index (χ0v) is 17.0. The monoisotopic (exact) mass is 425 g/mol. The average molecular weight is 426 g/mol. The average Bonchev–Trinajstić information content (AvgIpc) is 2.72. The highest BCUT2D eigenvalue weighted by molar-refractivity contribution is 6.33. The van der Waals surface area contributed by atoms with Crippen LogP contribution in [0.1, 0.15) is 33.2 Å². The van der Waals surface area contributed by atoms with Gasteiger partial charge in [0.05, 0.1) is 16.3 Å². The minimum Gasteiger partial charge on any atom is -0.322 e. The summed E-state index contributed by atoms with van der Waals surface area (Å²) in [7, 11) is 0. The topological polar surface area (TPSA) is 70.6 Å². The highest BCUT2D eigenvalue weighted by atomic mass is 35.5. The van der Waals surface area contributed by atoms with Crippen molar-refractivity contribution >= 4 is 46.4 Å². The van der Waals surface area contributed by atoms with Gasteiger partial charge in [-0.15, -0.1) is 0 Å². The third-order valence-electron chi connectivity index (χ3n) is 4.09. The van der Waals surface area contributed by atoms with Crippen LogP contribution in [0, 0.1) is 0 Å². The Kier molecular flexibility index (Phi) is 6.65. The number of hydrogen-bond acceptors (Lipinski definition) is 3. The Hall–Kier alpha value is -3.15. The number of rotatable bonds is 5. The van der Waals surface area contributed by atoms with Crippen molar-refractivity contribution in [1.82, 2.24) is 5.43 Å². The summed E-state index contributed by atoms with van der Waals surface area (Å²) < 4.78 is 0. The molecule has 0 radical (unpaired) electrons. The summed E-state index contributed by atoms with van der Waals surface area (Å²) in [6, 6.07) is 20.6. The van der Waals surface area contributed by atoms with Crippen LogP contribution in [0.2, 0.25) is 10.0 Å². The van der Waals surface area contributed by atoms with Crippen LogP contribution in [0.3, 0.4) is 0 Å². The van der Waals surface area contributed by atoms with Crippen LogP contribution >= 0.6 is 23.2 Å². The quantitative estimate of drug-likeness (QED) is 0.424. The molecule has 0 unspecified atom stereocenters. The summed E-state index contributed by atoms with van der Waals surface area (Å²) in [4.78, 5) is 24.4. The second kappa shape index (κ2) is 9.37. The molecule has 0 aliphatic rings. The van der Waals surface area contributed by atoms with Crippen LogP contribution in [0.5, 0.6) is 0 Å². The number of anilines is 1. The molecule has 5 nitrogen and oxygen atoms in total. The normalized spacial score (nSPS) is 11.1. The van der Waals surface area contributed by atoms with E-state index in [1.807, 2.05) is 0 Å². The lowest BCUT2D eigenvalue weighted by atomic mass is 10.1. The van der Waals surface area contributed by atoms with E-state index in [0.29, 0.717) is 32.6 Å². The molecule has 0 aliphatic carbocycles. The minimum atomic E-state index is -0.389. The van der Waals surface area contributed by atoms with Crippen LogP contribution in [0.25, 0.3) is 0 Å². The van der Waals surface area contributed by atoms with Crippen molar-refractivity contribution in [2.24, 2.45) is 5.10 Å². The Balaban J connectivity index is 1.64. The van der Waals surface area contributed by atoms with Gasteiger partial charge in [-0.25, -0.2) is 5.43 Å². The van der Waals surface area contributed by atoms with Crippen molar-refractivity contribution < 1.29 is 9.59 Å². The molecule has 29 heavy (non-hydrogen) atoms. The predicted molar refractivity (Wildman–Crippen MR) is 117 cm³/mol. The molecule has 7 heteroatoms. The van der Waals surface area contributed by atoms with Crippen molar-refractivity contribution in [3.63, 3.8) is 0 Å². The van der Waals surface area contributed by atoms with Crippen LogP contribution in [-0.4, -0.2) is 17.5 Å². The molecular formula is C22H17Cl2N3O2. The second-order valence-electron chi connectivity index (χ2n) is 6.16. The van der Waals surface area contributed by atoms with Crippen molar-refractivity contribution in [2.45, 2.75) is 6.92 Å². The third-order valence-corrected chi connectivity index (χ3v) is 4.66. The second-order valence-corrected chi connectivity index (χ2v) is 7.00. The van der Waals surface area contributed by atoms with Crippen molar-refractivity contribution in [1.29, 1.82) is 0 Å². The van der Waals surface area contributed by atoms with Gasteiger partial charge in [0.2, 0.25) is 0 Å². The van der Waals surface area contributed by atoms with Crippen molar-refractivity contribution in [3.8, 4) is 0 Å². The molecule has 0 fully saturated rings. The standard InChI is InChI=1S/C22H17Cl2N3O2/c1-14(26-27-22(29)19-7-2-3-8-20(19)24)15-9-11-18(12-10-15)25-21(28)16-5-4-6-17(23)13-16/h2-13H,1H3,(H,25,28)(H,27,29)/b26-14+. The van der Waals surface area contributed by atoms with E-state index in [0.717, 1.165) is 5.56 Å². The molecule has 0 bridgehead atoms. The fourth-order valence-corrected chi connectivity index (χ4v) is 2.94. The van der Waals surface area contributed by atoms with Gasteiger partial charge in [-0.1, -0.05) is 53.5 Å². The summed E-state index contributed by atoms with van der Waals surface area (Å²) in [5, 5.41) is 7.78. The molecule has 0 spiro atoms. The molecule has 3 aromatic rings. The summed E-state index contributed by atoms with van der Waals surface area (Å²) in [6.07, 6.45) is 0. The first kappa shape index (κ1) is 20.6. The zero-order chi connectivity index (χ0) is 20.8. The van der Waals surface area contributed by atoms with Gasteiger partial charge in [0.1, 0.15) is 0 Å². The molecule has 0 aromatic heterocycles. The number of halogens is 2. The third kappa shape index (κ3) is 5.44. The van der Waals surface area contributed by atoms with E-state index in [4.69, 9.17) is 23.2 Å². The lowest BCUT2D eigenvalue weighted by Gasteiger charge is -2.07. The van der Waals surface area contributed by atoms with E-state index in [9.17, 15) is 9.59 Å². The summed E-state index contributed by atoms with van der Waals surface area (Å²) in [5.41, 5.74) is 5.36. The number of carbonyl (C=O) groups is 2. The minimum absolute atomic E-state index is 0.252. The number of amides is 2. The summed E-state index contributed by atoms with van der Waals surface area (Å²) in [6.45, 7) is 1.77. The molecule has 3 rings (SSSR count). The molecule has 0 heterocycles. The molecule has 0 saturated heterocycles. The Morgan fingerprint density at radius 1 is 0.828 bits per heavy atom. The molecule has 2 amide bonds. The van der Waals surface area contributed by atoms with E-state index in [1.54, 1.807) is 79.7 Å². The van der Waals surface area contributed by atoms with Crippen LogP contribution in [0.15, 0.2) is 77.9 Å². The predicted octanol–water partition coefficient (Wildman–Crippen LogP) is 5.40. The number of hydrazone groups is 1. The Morgan fingerprint density at radius 2 is 1.55 bits per heavy atom. The first-order chi connectivity index (χ1) is 13.9. The summed E-state index contributed by atoms with van der Waals surface area (Å²) >= 11 is 11.9. The molecule has 0 aliphatic heterocycles. The van der Waals surface area contributed by atoms with Crippen LogP contribution in [-0.2, 0) is 0 Å². The van der Waals surface area contributed by atoms with E-state index in [1.165, 1.54) is 0 Å². The maximum absolute atomic E-state index is 12.3. The van der Waals surface area contributed by atoms with Crippen LogP contribution < -0.4 is 10.7 Å². The van der Waals surface area contributed by atoms with Gasteiger partial charge in [0, 0.05) is 16.3 Å². The fourth-order valence-electron chi connectivity index (χ4n) is 2.53. The molecular weight excluding hydrogens is 409 g/mol. The Morgan fingerprint density at radius 3 is 2.24 bits per heavy atom. The molecule has 146 valence electrons. The van der Waals surface area contributed by atoms with Gasteiger partial charge in [0.15, 0.2) is 0 Å². The van der Waals surface area contributed by atoms with Gasteiger partial charge in [-0.05, 0) is 55.0 Å². The van der Waals surface area contributed by atoms with Gasteiger partial charge in [0.25, 0.3) is 11.8 Å². The molecule has 0 atom stereocenters. The highest BCUT2D eigenvalue weighted by Gasteiger charge is 2.09. The Bertz CT molecular complexity index is 1080. The first-order valence-electron chi connectivity index (χ1n) is 8.70. The number of nitrogens with one attached hydrogen (secondary N) is 2. The van der Waals surface area contributed by atoms with Crippen LogP contribution in [0.4, 0.5) is 5.69 Å². The number of nitrogens with zero attached hydrogens (tertiary/aromatic N) is 1. The Labute approximate surface area is 178 Å².